The van der Waals surface area contributed by atoms with Crippen molar-refractivity contribution in [3.05, 3.63) is 88.8 Å². The predicted octanol–water partition coefficient (Wildman–Crippen LogP) is 6.42. The van der Waals surface area contributed by atoms with Crippen molar-refractivity contribution in [2.75, 3.05) is 11.4 Å². The summed E-state index contributed by atoms with van der Waals surface area (Å²) < 4.78 is 0.487. The Labute approximate surface area is 206 Å². The lowest BCUT2D eigenvalue weighted by Crippen LogP contribution is -2.35. The van der Waals surface area contributed by atoms with Crippen LogP contribution in [0.5, 0.6) is 0 Å². The Balaban J connectivity index is 1.34. The van der Waals surface area contributed by atoms with Gasteiger partial charge in [0, 0.05) is 22.8 Å². The molecule has 0 aromatic heterocycles. The van der Waals surface area contributed by atoms with Crippen LogP contribution in [-0.2, 0) is 9.59 Å². The Bertz CT molecular complexity index is 1260. The minimum Gasteiger partial charge on any atom is -0.292 e. The normalized spacial score (nSPS) is 16.2. The molecule has 0 aliphatic carbocycles. The van der Waals surface area contributed by atoms with Gasteiger partial charge >= 0.3 is 0 Å². The second-order valence-corrected chi connectivity index (χ2v) is 10.5. The molecule has 7 heteroatoms. The summed E-state index contributed by atoms with van der Waals surface area (Å²) in [6.07, 6.45) is 2.03. The zero-order chi connectivity index (χ0) is 22.9. The average molecular weight is 489 g/mol. The molecule has 2 aliphatic rings. The lowest BCUT2D eigenvalue weighted by Gasteiger charge is -2.31. The summed E-state index contributed by atoms with van der Waals surface area (Å²) in [6.45, 7) is 2.28. The molecule has 0 saturated carbocycles. The van der Waals surface area contributed by atoms with Gasteiger partial charge in [-0.1, -0.05) is 89.8 Å². The molecule has 2 aliphatic heterocycles. The summed E-state index contributed by atoms with van der Waals surface area (Å²) in [6, 6.07) is 23.8. The molecule has 0 N–H and O–H groups in total. The highest BCUT2D eigenvalue weighted by Gasteiger charge is 2.34. The van der Waals surface area contributed by atoms with Crippen molar-refractivity contribution in [3.8, 4) is 0 Å². The van der Waals surface area contributed by atoms with Crippen LogP contribution in [0, 0.1) is 6.92 Å². The van der Waals surface area contributed by atoms with E-state index in [2.05, 4.69) is 0 Å². The molecule has 5 rings (SSSR count). The summed E-state index contributed by atoms with van der Waals surface area (Å²) >= 11 is 8.41. The number of amides is 2. The third-order valence-corrected chi connectivity index (χ3v) is 7.99. The van der Waals surface area contributed by atoms with E-state index in [-0.39, 0.29) is 24.8 Å². The van der Waals surface area contributed by atoms with E-state index in [0.29, 0.717) is 9.23 Å². The van der Waals surface area contributed by atoms with Gasteiger partial charge in [0.15, 0.2) is 0 Å². The minimum absolute atomic E-state index is 0.0632. The van der Waals surface area contributed by atoms with Gasteiger partial charge in [-0.2, -0.15) is 0 Å². The maximum Gasteiger partial charge on any atom is 0.266 e. The maximum atomic E-state index is 13.4. The summed E-state index contributed by atoms with van der Waals surface area (Å²) in [5.74, 6) is -0.208. The third-order valence-electron chi connectivity index (χ3n) is 5.48. The van der Waals surface area contributed by atoms with E-state index in [1.54, 1.807) is 16.7 Å². The van der Waals surface area contributed by atoms with Crippen LogP contribution in [0.1, 0.15) is 17.5 Å². The second-order valence-electron chi connectivity index (χ2n) is 7.76. The largest absolute Gasteiger partial charge is 0.292 e. The highest BCUT2D eigenvalue weighted by atomic mass is 32.2. The van der Waals surface area contributed by atoms with Gasteiger partial charge in [0.05, 0.1) is 16.3 Å². The van der Waals surface area contributed by atoms with Crippen LogP contribution in [0.25, 0.3) is 6.08 Å². The zero-order valence-corrected chi connectivity index (χ0v) is 20.3. The van der Waals surface area contributed by atoms with Gasteiger partial charge in [0.25, 0.3) is 5.91 Å². The second kappa shape index (κ2) is 9.17. The molecule has 0 unspecified atom stereocenters. The number of para-hydroxylation sites is 2. The highest BCUT2D eigenvalue weighted by molar-refractivity contribution is 8.26. The van der Waals surface area contributed by atoms with Crippen LogP contribution in [0.3, 0.4) is 0 Å². The molecule has 0 spiro atoms. The monoisotopic (exact) mass is 488 g/mol. The Morgan fingerprint density at radius 1 is 0.909 bits per heavy atom. The molecule has 3 aromatic carbocycles. The third kappa shape index (κ3) is 4.36. The number of rotatable bonds is 4. The van der Waals surface area contributed by atoms with E-state index in [1.807, 2.05) is 85.8 Å². The summed E-state index contributed by atoms with van der Waals surface area (Å²) in [5, 5.41) is 0. The van der Waals surface area contributed by atoms with Crippen LogP contribution < -0.4 is 4.90 Å². The number of hydrogen-bond donors (Lipinski definition) is 0. The Morgan fingerprint density at radius 3 is 2.15 bits per heavy atom. The van der Waals surface area contributed by atoms with Gasteiger partial charge in [-0.05, 0) is 42.8 Å². The highest BCUT2D eigenvalue weighted by Crippen LogP contribution is 2.48. The first-order valence-corrected chi connectivity index (χ1v) is 12.6. The van der Waals surface area contributed by atoms with Crippen LogP contribution in [-0.4, -0.2) is 27.6 Å². The van der Waals surface area contributed by atoms with Gasteiger partial charge in [-0.15, -0.1) is 0 Å². The summed E-state index contributed by atoms with van der Waals surface area (Å²) in [7, 11) is 0. The Kier molecular flexibility index (Phi) is 6.10. The molecule has 0 radical (unpaired) electrons. The van der Waals surface area contributed by atoms with Crippen molar-refractivity contribution in [2.45, 2.75) is 23.1 Å². The number of anilines is 2. The number of aryl methyl sites for hydroxylation is 1. The fourth-order valence-electron chi connectivity index (χ4n) is 3.80. The lowest BCUT2D eigenvalue weighted by atomic mass is 10.1. The average Bonchev–Trinajstić information content (AvgIpc) is 3.09. The molecule has 3 aromatic rings. The first kappa shape index (κ1) is 21.9. The molecule has 2 heterocycles. The van der Waals surface area contributed by atoms with Gasteiger partial charge in [0.1, 0.15) is 4.32 Å². The molecule has 0 atom stereocenters. The van der Waals surface area contributed by atoms with E-state index < -0.39 is 0 Å². The summed E-state index contributed by atoms with van der Waals surface area (Å²) in [5.41, 5.74) is 3.86. The van der Waals surface area contributed by atoms with Gasteiger partial charge < -0.3 is 0 Å². The van der Waals surface area contributed by atoms with E-state index in [9.17, 15) is 9.59 Å². The van der Waals surface area contributed by atoms with Gasteiger partial charge in [-0.3, -0.25) is 19.4 Å². The van der Waals surface area contributed by atoms with Gasteiger partial charge in [-0.25, -0.2) is 0 Å². The number of thioether (sulfide) groups is 1. The Hall–Kier alpha value is -2.87. The molecule has 1 fully saturated rings. The van der Waals surface area contributed by atoms with E-state index in [4.69, 9.17) is 12.2 Å². The van der Waals surface area contributed by atoms with Crippen LogP contribution in [0.15, 0.2) is 87.5 Å². The number of hydrogen-bond acceptors (Lipinski definition) is 5. The molecule has 0 bridgehead atoms. The van der Waals surface area contributed by atoms with E-state index in [0.717, 1.165) is 32.3 Å². The van der Waals surface area contributed by atoms with Crippen molar-refractivity contribution in [2.24, 2.45) is 0 Å². The molecule has 33 heavy (non-hydrogen) atoms. The van der Waals surface area contributed by atoms with Crippen molar-refractivity contribution in [1.82, 2.24) is 4.90 Å². The smallest absolute Gasteiger partial charge is 0.266 e. The SMILES string of the molecule is Cc1ccc(/C=C2\SC(=S)N(CCC(=O)N3c4ccccc4Sc4ccccc43)C2=O)cc1. The first-order chi connectivity index (χ1) is 16.0. The topological polar surface area (TPSA) is 40.6 Å². The maximum absolute atomic E-state index is 13.4. The summed E-state index contributed by atoms with van der Waals surface area (Å²) in [4.78, 5) is 32.4. The van der Waals surface area contributed by atoms with Crippen LogP contribution in [0.4, 0.5) is 11.4 Å². The van der Waals surface area contributed by atoms with E-state index >= 15 is 0 Å². The minimum atomic E-state index is -0.145. The van der Waals surface area contributed by atoms with Crippen molar-refractivity contribution in [1.29, 1.82) is 0 Å². The van der Waals surface area contributed by atoms with Crippen molar-refractivity contribution < 1.29 is 9.59 Å². The van der Waals surface area contributed by atoms with Gasteiger partial charge in [0.2, 0.25) is 5.91 Å². The molecular formula is C26H20N2O2S3. The fourth-order valence-corrected chi connectivity index (χ4v) is 6.17. The number of fused-ring (bicyclic) bond motifs is 2. The quantitative estimate of drug-likeness (QED) is 0.313. The molecule has 164 valence electrons. The number of thiocarbonyl (C=S) groups is 1. The van der Waals surface area contributed by atoms with E-state index in [1.165, 1.54) is 16.7 Å². The zero-order valence-electron chi connectivity index (χ0n) is 17.9. The lowest BCUT2D eigenvalue weighted by molar-refractivity contribution is -0.123. The molecular weight excluding hydrogens is 468 g/mol. The number of carbonyl (C=O) groups excluding carboxylic acids is 2. The Morgan fingerprint density at radius 2 is 1.52 bits per heavy atom. The predicted molar refractivity (Wildman–Crippen MR) is 140 cm³/mol. The fraction of sp³-hybridized carbons (Fsp3) is 0.115. The molecule has 4 nitrogen and oxygen atoms in total. The van der Waals surface area contributed by atoms with Crippen molar-refractivity contribution in [3.63, 3.8) is 0 Å². The number of nitrogens with zero attached hydrogens (tertiary/aromatic N) is 2. The van der Waals surface area contributed by atoms with Crippen LogP contribution >= 0.6 is 35.7 Å². The number of benzene rings is 3. The number of carbonyl (C=O) groups is 2. The van der Waals surface area contributed by atoms with Crippen LogP contribution in [0.2, 0.25) is 0 Å². The molecule has 2 amide bonds. The standard InChI is InChI=1S/C26H20N2O2S3/c1-17-10-12-18(13-11-17)16-23-25(30)27(26(31)33-23)15-14-24(29)28-19-6-2-4-8-21(19)32-22-9-5-3-7-20(22)28/h2-13,16H,14-15H2,1H3/b23-16-. The van der Waals surface area contributed by atoms with Crippen molar-refractivity contribution >= 4 is 69.3 Å². The molecule has 1 saturated heterocycles. The first-order valence-electron chi connectivity index (χ1n) is 10.5.